The largest absolute Gasteiger partial charge is 0.378 e. The van der Waals surface area contributed by atoms with E-state index in [0.717, 1.165) is 19.3 Å². The quantitative estimate of drug-likeness (QED) is 0.563. The number of carbonyl (C=O) groups is 1. The number of nitrogens with one attached hydrogen (secondary N) is 2. The van der Waals surface area contributed by atoms with Gasteiger partial charge in [0.15, 0.2) is 4.77 Å². The van der Waals surface area contributed by atoms with Crippen molar-refractivity contribution < 1.29 is 13.9 Å². The van der Waals surface area contributed by atoms with Crippen LogP contribution in [0.15, 0.2) is 30.5 Å². The summed E-state index contributed by atoms with van der Waals surface area (Å²) >= 11 is 5.25. The molecule has 3 rings (SSSR count). The summed E-state index contributed by atoms with van der Waals surface area (Å²) in [6.45, 7) is 1.19. The maximum absolute atomic E-state index is 13.1. The molecule has 1 amide bonds. The van der Waals surface area contributed by atoms with Gasteiger partial charge in [-0.25, -0.2) is 4.39 Å². The number of rotatable bonds is 7. The molecule has 5 nitrogen and oxygen atoms in total. The highest BCUT2D eigenvalue weighted by Crippen LogP contribution is 2.20. The first-order valence-electron chi connectivity index (χ1n) is 9.11. The summed E-state index contributed by atoms with van der Waals surface area (Å²) in [4.78, 5) is 15.3. The third-order valence-electron chi connectivity index (χ3n) is 4.61. The fraction of sp³-hybridized carbons (Fsp3) is 0.474. The molecule has 1 aromatic heterocycles. The summed E-state index contributed by atoms with van der Waals surface area (Å²) in [5.41, 5.74) is 1.04. The predicted molar refractivity (Wildman–Crippen MR) is 101 cm³/mol. The van der Waals surface area contributed by atoms with Gasteiger partial charge < -0.3 is 15.0 Å². The predicted octanol–water partition coefficient (Wildman–Crippen LogP) is 4.14. The van der Waals surface area contributed by atoms with E-state index in [-0.39, 0.29) is 11.7 Å². The van der Waals surface area contributed by atoms with Gasteiger partial charge in [-0.05, 0) is 55.7 Å². The lowest BCUT2D eigenvalue weighted by Crippen LogP contribution is -2.28. The Bertz CT molecular complexity index is 779. The summed E-state index contributed by atoms with van der Waals surface area (Å²) in [7, 11) is 0. The lowest BCUT2D eigenvalue weighted by molar-refractivity contribution is 0.0273. The Kier molecular flexibility index (Phi) is 6.57. The van der Waals surface area contributed by atoms with E-state index in [1.807, 2.05) is 0 Å². The first-order valence-corrected chi connectivity index (χ1v) is 9.52. The Balaban J connectivity index is 1.52. The van der Waals surface area contributed by atoms with E-state index in [2.05, 4.69) is 10.3 Å². The summed E-state index contributed by atoms with van der Waals surface area (Å²) in [6.07, 6.45) is 8.83. The highest BCUT2D eigenvalue weighted by Gasteiger charge is 2.15. The molecule has 0 bridgehead atoms. The van der Waals surface area contributed by atoms with Crippen LogP contribution in [0.1, 0.15) is 49.0 Å². The normalized spacial score (nSPS) is 15.1. The summed E-state index contributed by atoms with van der Waals surface area (Å²) in [5, 5.41) is 2.89. The van der Waals surface area contributed by atoms with E-state index in [9.17, 15) is 9.18 Å². The highest BCUT2D eigenvalue weighted by molar-refractivity contribution is 7.71. The molecule has 7 heteroatoms. The molecule has 1 saturated carbocycles. The molecule has 26 heavy (non-hydrogen) atoms. The lowest BCUT2D eigenvalue weighted by Gasteiger charge is -2.21. The van der Waals surface area contributed by atoms with E-state index in [1.165, 1.54) is 31.4 Å². The van der Waals surface area contributed by atoms with Crippen LogP contribution < -0.4 is 5.32 Å². The second kappa shape index (κ2) is 9.09. The van der Waals surface area contributed by atoms with Crippen LogP contribution in [-0.2, 0) is 4.74 Å². The van der Waals surface area contributed by atoms with Crippen molar-refractivity contribution in [2.45, 2.75) is 44.6 Å². The number of nitrogens with zero attached hydrogens (tertiary/aromatic N) is 1. The first kappa shape index (κ1) is 18.8. The van der Waals surface area contributed by atoms with Crippen LogP contribution in [0, 0.1) is 10.6 Å². The number of imidazole rings is 1. The van der Waals surface area contributed by atoms with Gasteiger partial charge in [0.05, 0.1) is 6.10 Å². The molecular formula is C19H24FN3O2S. The van der Waals surface area contributed by atoms with E-state index in [4.69, 9.17) is 17.0 Å². The van der Waals surface area contributed by atoms with E-state index < -0.39 is 0 Å². The third kappa shape index (κ3) is 4.80. The standard InChI is InChI=1S/C19H24FN3O2S/c20-14-7-9-15(10-8-14)23-17(13-22-19(23)26)18(24)21-11-4-12-25-16-5-2-1-3-6-16/h7-10,13,16H,1-6,11-12H2,(H,21,24)(H,22,26). The summed E-state index contributed by atoms with van der Waals surface area (Å²) < 4.78 is 21.0. The molecule has 1 aromatic carbocycles. The molecule has 1 aliphatic carbocycles. The number of benzene rings is 1. The van der Waals surface area contributed by atoms with Gasteiger partial charge in [0.2, 0.25) is 0 Å². The minimum atomic E-state index is -0.334. The molecule has 1 aliphatic rings. The molecule has 0 spiro atoms. The second-order valence-corrected chi connectivity index (χ2v) is 6.92. The molecule has 1 heterocycles. The van der Waals surface area contributed by atoms with E-state index in [0.29, 0.717) is 35.4 Å². The number of hydrogen-bond acceptors (Lipinski definition) is 3. The van der Waals surface area contributed by atoms with Gasteiger partial charge in [0.25, 0.3) is 5.91 Å². The van der Waals surface area contributed by atoms with Gasteiger partial charge >= 0.3 is 0 Å². The van der Waals surface area contributed by atoms with Gasteiger partial charge in [-0.3, -0.25) is 9.36 Å². The Labute approximate surface area is 157 Å². The van der Waals surface area contributed by atoms with Crippen molar-refractivity contribution in [2.24, 2.45) is 0 Å². The van der Waals surface area contributed by atoms with E-state index in [1.54, 1.807) is 22.9 Å². The maximum atomic E-state index is 13.1. The monoisotopic (exact) mass is 377 g/mol. The smallest absolute Gasteiger partial charge is 0.269 e. The average molecular weight is 377 g/mol. The van der Waals surface area contributed by atoms with Crippen LogP contribution >= 0.6 is 12.2 Å². The van der Waals surface area contributed by atoms with Crippen molar-refractivity contribution in [1.82, 2.24) is 14.9 Å². The molecule has 0 saturated heterocycles. The zero-order chi connectivity index (χ0) is 18.4. The number of aromatic amines is 1. The Morgan fingerprint density at radius 1 is 1.27 bits per heavy atom. The van der Waals surface area contributed by atoms with Crippen molar-refractivity contribution in [2.75, 3.05) is 13.2 Å². The molecule has 1 fully saturated rings. The molecule has 0 radical (unpaired) electrons. The van der Waals surface area contributed by atoms with Gasteiger partial charge in [0.1, 0.15) is 11.5 Å². The van der Waals surface area contributed by atoms with Crippen LogP contribution in [0.4, 0.5) is 4.39 Å². The number of hydrogen-bond donors (Lipinski definition) is 2. The zero-order valence-electron chi connectivity index (χ0n) is 14.7. The number of ether oxygens (including phenoxy) is 1. The summed E-state index contributed by atoms with van der Waals surface area (Å²) in [6, 6.07) is 5.87. The SMILES string of the molecule is O=C(NCCCOC1CCCCC1)c1c[nH]c(=S)n1-c1ccc(F)cc1. The molecule has 0 unspecified atom stereocenters. The lowest BCUT2D eigenvalue weighted by atomic mass is 9.98. The molecule has 140 valence electrons. The highest BCUT2D eigenvalue weighted by atomic mass is 32.1. The van der Waals surface area contributed by atoms with Crippen molar-refractivity contribution in [3.63, 3.8) is 0 Å². The van der Waals surface area contributed by atoms with Crippen LogP contribution in [0.5, 0.6) is 0 Å². The minimum Gasteiger partial charge on any atom is -0.378 e. The number of carbonyl (C=O) groups excluding carboxylic acids is 1. The van der Waals surface area contributed by atoms with Crippen molar-refractivity contribution in [3.05, 3.63) is 46.7 Å². The van der Waals surface area contributed by atoms with Crippen LogP contribution in [0.2, 0.25) is 0 Å². The first-order chi connectivity index (χ1) is 12.6. The van der Waals surface area contributed by atoms with Crippen LogP contribution in [-0.4, -0.2) is 34.7 Å². The fourth-order valence-electron chi connectivity index (χ4n) is 3.23. The molecule has 0 atom stereocenters. The van der Waals surface area contributed by atoms with Gasteiger partial charge in [-0.15, -0.1) is 0 Å². The van der Waals surface area contributed by atoms with E-state index >= 15 is 0 Å². The average Bonchev–Trinajstić information content (AvgIpc) is 3.04. The van der Waals surface area contributed by atoms with Gasteiger partial charge in [0, 0.05) is 25.0 Å². The van der Waals surface area contributed by atoms with Crippen LogP contribution in [0.25, 0.3) is 5.69 Å². The molecule has 2 N–H and O–H groups in total. The Morgan fingerprint density at radius 3 is 2.73 bits per heavy atom. The molecular weight excluding hydrogens is 353 g/mol. The summed E-state index contributed by atoms with van der Waals surface area (Å²) in [5.74, 6) is -0.556. The van der Waals surface area contributed by atoms with Gasteiger partial charge in [-0.2, -0.15) is 0 Å². The van der Waals surface area contributed by atoms with Crippen molar-refractivity contribution in [3.8, 4) is 5.69 Å². The van der Waals surface area contributed by atoms with Crippen molar-refractivity contribution >= 4 is 18.1 Å². The number of H-pyrrole nitrogens is 1. The van der Waals surface area contributed by atoms with Crippen LogP contribution in [0.3, 0.4) is 0 Å². The third-order valence-corrected chi connectivity index (χ3v) is 4.91. The molecule has 2 aromatic rings. The zero-order valence-corrected chi connectivity index (χ0v) is 15.5. The fourth-order valence-corrected chi connectivity index (χ4v) is 3.49. The Hall–Kier alpha value is -1.99. The Morgan fingerprint density at radius 2 is 2.00 bits per heavy atom. The van der Waals surface area contributed by atoms with Crippen molar-refractivity contribution in [1.29, 1.82) is 0 Å². The number of halogens is 1. The number of amides is 1. The second-order valence-electron chi connectivity index (χ2n) is 6.53. The molecule has 0 aliphatic heterocycles. The topological polar surface area (TPSA) is 59.0 Å². The minimum absolute atomic E-state index is 0.223. The maximum Gasteiger partial charge on any atom is 0.269 e. The van der Waals surface area contributed by atoms with Gasteiger partial charge in [-0.1, -0.05) is 19.3 Å². The number of aromatic nitrogens is 2.